The van der Waals surface area contributed by atoms with Crippen LogP contribution in [0.2, 0.25) is 0 Å². The fourth-order valence-electron chi connectivity index (χ4n) is 1.54. The van der Waals surface area contributed by atoms with E-state index in [1.807, 2.05) is 0 Å². The zero-order chi connectivity index (χ0) is 15.6. The van der Waals surface area contributed by atoms with Gasteiger partial charge in [-0.15, -0.1) is 0 Å². The highest BCUT2D eigenvalue weighted by Gasteiger charge is 2.16. The van der Waals surface area contributed by atoms with E-state index in [9.17, 15) is 14.9 Å². The standard InChI is InChI=1S/C11H7Br3N4O3/c12-6-3-15-17(4-6)5-10(19)16-11-8(13)1-7(18(20)21)2-9(11)14/h1-4H,5H2,(H,16,19). The quantitative estimate of drug-likeness (QED) is 0.531. The van der Waals surface area contributed by atoms with Gasteiger partial charge in [0.15, 0.2) is 0 Å². The molecule has 0 fully saturated rings. The van der Waals surface area contributed by atoms with Gasteiger partial charge in [-0.2, -0.15) is 5.10 Å². The summed E-state index contributed by atoms with van der Waals surface area (Å²) in [7, 11) is 0. The fraction of sp³-hybridized carbons (Fsp3) is 0.0909. The number of nitro groups is 1. The molecule has 0 saturated carbocycles. The van der Waals surface area contributed by atoms with Crippen LogP contribution in [0.1, 0.15) is 0 Å². The third kappa shape index (κ3) is 4.11. The van der Waals surface area contributed by atoms with Crippen molar-refractivity contribution < 1.29 is 9.72 Å². The lowest BCUT2D eigenvalue weighted by Gasteiger charge is -2.09. The van der Waals surface area contributed by atoms with E-state index in [0.29, 0.717) is 14.6 Å². The van der Waals surface area contributed by atoms with E-state index in [4.69, 9.17) is 0 Å². The number of hydrogen-bond acceptors (Lipinski definition) is 4. The van der Waals surface area contributed by atoms with Gasteiger partial charge in [0.05, 0.1) is 21.3 Å². The molecule has 0 aliphatic carbocycles. The highest BCUT2D eigenvalue weighted by atomic mass is 79.9. The molecule has 7 nitrogen and oxygen atoms in total. The minimum atomic E-state index is -0.512. The normalized spacial score (nSPS) is 10.4. The first-order valence-corrected chi connectivity index (χ1v) is 7.86. The van der Waals surface area contributed by atoms with Crippen molar-refractivity contribution in [3.63, 3.8) is 0 Å². The van der Waals surface area contributed by atoms with E-state index in [-0.39, 0.29) is 18.1 Å². The van der Waals surface area contributed by atoms with E-state index in [1.165, 1.54) is 16.8 Å². The zero-order valence-electron chi connectivity index (χ0n) is 10.2. The number of nitrogens with zero attached hydrogens (tertiary/aromatic N) is 3. The Kier molecular flexibility index (Phi) is 5.12. The maximum absolute atomic E-state index is 12.0. The summed E-state index contributed by atoms with van der Waals surface area (Å²) in [6, 6.07) is 2.65. The molecule has 21 heavy (non-hydrogen) atoms. The predicted octanol–water partition coefficient (Wildman–Crippen LogP) is 3.72. The monoisotopic (exact) mass is 480 g/mol. The summed E-state index contributed by atoms with van der Waals surface area (Å²) in [6.07, 6.45) is 3.24. The fourth-order valence-corrected chi connectivity index (χ4v) is 3.22. The van der Waals surface area contributed by atoms with Gasteiger partial charge in [-0.1, -0.05) is 0 Å². The second-order valence-electron chi connectivity index (χ2n) is 3.95. The van der Waals surface area contributed by atoms with E-state index in [0.717, 1.165) is 4.47 Å². The number of amides is 1. The number of rotatable bonds is 4. The van der Waals surface area contributed by atoms with Gasteiger partial charge in [0.2, 0.25) is 5.91 Å². The molecule has 0 unspecified atom stereocenters. The molecule has 2 aromatic rings. The van der Waals surface area contributed by atoms with Gasteiger partial charge in [0.1, 0.15) is 6.54 Å². The van der Waals surface area contributed by atoms with Crippen molar-refractivity contribution in [3.8, 4) is 0 Å². The molecule has 1 N–H and O–H groups in total. The summed E-state index contributed by atoms with van der Waals surface area (Å²) in [6.45, 7) is 0.0292. The van der Waals surface area contributed by atoms with Crippen LogP contribution in [0.4, 0.5) is 11.4 Å². The number of anilines is 1. The molecule has 0 aliphatic heterocycles. The van der Waals surface area contributed by atoms with Crippen LogP contribution in [0, 0.1) is 10.1 Å². The smallest absolute Gasteiger partial charge is 0.271 e. The first kappa shape index (κ1) is 16.1. The van der Waals surface area contributed by atoms with Crippen molar-refractivity contribution in [1.29, 1.82) is 0 Å². The maximum atomic E-state index is 12.0. The number of benzene rings is 1. The van der Waals surface area contributed by atoms with Crippen LogP contribution in [0.25, 0.3) is 0 Å². The van der Waals surface area contributed by atoms with Crippen LogP contribution in [0.3, 0.4) is 0 Å². The van der Waals surface area contributed by atoms with Crippen molar-refractivity contribution in [2.45, 2.75) is 6.54 Å². The van der Waals surface area contributed by atoms with Crippen LogP contribution < -0.4 is 5.32 Å². The van der Waals surface area contributed by atoms with Crippen molar-refractivity contribution in [1.82, 2.24) is 9.78 Å². The van der Waals surface area contributed by atoms with E-state index in [1.54, 1.807) is 12.4 Å². The molecule has 110 valence electrons. The molecule has 1 amide bonds. The third-order valence-electron chi connectivity index (χ3n) is 2.41. The van der Waals surface area contributed by atoms with E-state index in [2.05, 4.69) is 58.2 Å². The molecular formula is C11H7Br3N4O3. The van der Waals surface area contributed by atoms with Gasteiger partial charge < -0.3 is 5.32 Å². The van der Waals surface area contributed by atoms with Crippen molar-refractivity contribution in [2.75, 3.05) is 5.32 Å². The second-order valence-corrected chi connectivity index (χ2v) is 6.57. The minimum absolute atomic E-state index is 0.0292. The number of nitrogens with one attached hydrogen (secondary N) is 1. The summed E-state index contributed by atoms with van der Waals surface area (Å²) in [5.74, 6) is -0.305. The average molecular weight is 483 g/mol. The summed E-state index contributed by atoms with van der Waals surface area (Å²) < 4.78 is 3.07. The summed E-state index contributed by atoms with van der Waals surface area (Å²) in [4.78, 5) is 22.2. The van der Waals surface area contributed by atoms with Crippen LogP contribution in [0.5, 0.6) is 0 Å². The molecule has 1 aromatic carbocycles. The Hall–Kier alpha value is -1.26. The lowest BCUT2D eigenvalue weighted by atomic mass is 10.3. The van der Waals surface area contributed by atoms with Crippen LogP contribution in [-0.4, -0.2) is 20.6 Å². The molecule has 0 spiro atoms. The van der Waals surface area contributed by atoms with Gasteiger partial charge in [0.25, 0.3) is 5.69 Å². The van der Waals surface area contributed by atoms with Gasteiger partial charge in [-0.25, -0.2) is 0 Å². The molecule has 10 heteroatoms. The Balaban J connectivity index is 2.15. The number of non-ortho nitro benzene ring substituents is 1. The summed E-state index contributed by atoms with van der Waals surface area (Å²) in [5.41, 5.74) is 0.347. The number of hydrogen-bond donors (Lipinski definition) is 1. The highest BCUT2D eigenvalue weighted by Crippen LogP contribution is 2.35. The largest absolute Gasteiger partial charge is 0.323 e. The SMILES string of the molecule is O=C(Cn1cc(Br)cn1)Nc1c(Br)cc([N+](=O)[O-])cc1Br. The Bertz CT molecular complexity index is 693. The van der Waals surface area contributed by atoms with Crippen LogP contribution >= 0.6 is 47.8 Å². The molecule has 0 saturated heterocycles. The summed E-state index contributed by atoms with van der Waals surface area (Å²) in [5, 5.41) is 17.4. The Morgan fingerprint density at radius 1 is 1.33 bits per heavy atom. The predicted molar refractivity (Wildman–Crippen MR) is 87.1 cm³/mol. The number of nitro benzene ring substituents is 1. The Labute approximate surface area is 144 Å². The lowest BCUT2D eigenvalue weighted by molar-refractivity contribution is -0.385. The first-order chi connectivity index (χ1) is 9.86. The van der Waals surface area contributed by atoms with Crippen molar-refractivity contribution >= 4 is 65.1 Å². The van der Waals surface area contributed by atoms with Crippen LogP contribution in [-0.2, 0) is 11.3 Å². The van der Waals surface area contributed by atoms with Gasteiger partial charge in [-0.05, 0) is 47.8 Å². The molecule has 1 heterocycles. The molecule has 0 aliphatic rings. The molecule has 0 atom stereocenters. The first-order valence-electron chi connectivity index (χ1n) is 5.48. The van der Waals surface area contributed by atoms with E-state index >= 15 is 0 Å². The number of aromatic nitrogens is 2. The zero-order valence-corrected chi connectivity index (χ0v) is 15.0. The van der Waals surface area contributed by atoms with E-state index < -0.39 is 4.92 Å². The van der Waals surface area contributed by atoms with Crippen LogP contribution in [0.15, 0.2) is 37.9 Å². The average Bonchev–Trinajstić information content (AvgIpc) is 2.78. The lowest BCUT2D eigenvalue weighted by Crippen LogP contribution is -2.19. The number of carbonyl (C=O) groups excluding carboxylic acids is 1. The Morgan fingerprint density at radius 2 is 1.95 bits per heavy atom. The van der Waals surface area contributed by atoms with Gasteiger partial charge in [0, 0.05) is 27.3 Å². The summed E-state index contributed by atoms with van der Waals surface area (Å²) >= 11 is 9.65. The molecule has 0 bridgehead atoms. The minimum Gasteiger partial charge on any atom is -0.323 e. The van der Waals surface area contributed by atoms with Crippen molar-refractivity contribution in [3.05, 3.63) is 48.1 Å². The molecule has 1 aromatic heterocycles. The maximum Gasteiger partial charge on any atom is 0.271 e. The van der Waals surface area contributed by atoms with Gasteiger partial charge >= 0.3 is 0 Å². The number of halogens is 3. The second kappa shape index (κ2) is 6.67. The molecule has 0 radical (unpaired) electrons. The highest BCUT2D eigenvalue weighted by molar-refractivity contribution is 9.11. The number of carbonyl (C=O) groups is 1. The topological polar surface area (TPSA) is 90.1 Å². The third-order valence-corrected chi connectivity index (χ3v) is 4.07. The molecular weight excluding hydrogens is 476 g/mol. The Morgan fingerprint density at radius 3 is 2.43 bits per heavy atom. The van der Waals surface area contributed by atoms with Gasteiger partial charge in [-0.3, -0.25) is 19.6 Å². The molecule has 2 rings (SSSR count). The van der Waals surface area contributed by atoms with Crippen molar-refractivity contribution in [2.24, 2.45) is 0 Å².